The van der Waals surface area contributed by atoms with Gasteiger partial charge in [-0.25, -0.2) is 9.78 Å². The van der Waals surface area contributed by atoms with Gasteiger partial charge in [0.1, 0.15) is 0 Å². The van der Waals surface area contributed by atoms with Crippen LogP contribution in [0, 0.1) is 0 Å². The Labute approximate surface area is 107 Å². The Kier molecular flexibility index (Phi) is 4.24. The minimum atomic E-state index is -0.404. The predicted molar refractivity (Wildman–Crippen MR) is 64.6 cm³/mol. The highest BCUT2D eigenvalue weighted by atomic mass is 32.1. The molecule has 2 aromatic heterocycles. The normalized spacial score (nSPS) is 10.3. The minimum absolute atomic E-state index is 0.321. The van der Waals surface area contributed by atoms with E-state index in [0.717, 1.165) is 0 Å². The van der Waals surface area contributed by atoms with Gasteiger partial charge in [0, 0.05) is 18.3 Å². The van der Waals surface area contributed by atoms with E-state index in [0.29, 0.717) is 36.3 Å². The van der Waals surface area contributed by atoms with Crippen molar-refractivity contribution >= 4 is 22.4 Å². The molecular formula is C10H12N4O3S. The molecule has 2 rings (SSSR count). The SMILES string of the molecule is CCOC(=O)c1csc(NCCc2ncno2)n1. The standard InChI is InChI=1S/C10H12N4O3S/c1-2-16-9(15)7-5-18-10(14-7)11-4-3-8-12-6-13-17-8/h5-6H,2-4H2,1H3,(H,11,14). The molecule has 0 amide bonds. The second-order valence-corrected chi connectivity index (χ2v) is 4.13. The number of nitrogens with one attached hydrogen (secondary N) is 1. The average Bonchev–Trinajstić information content (AvgIpc) is 3.00. The van der Waals surface area contributed by atoms with Gasteiger partial charge >= 0.3 is 5.97 Å². The summed E-state index contributed by atoms with van der Waals surface area (Å²) in [7, 11) is 0. The molecule has 0 aliphatic heterocycles. The third kappa shape index (κ3) is 3.27. The molecule has 18 heavy (non-hydrogen) atoms. The van der Waals surface area contributed by atoms with E-state index < -0.39 is 5.97 Å². The van der Waals surface area contributed by atoms with Crippen molar-refractivity contribution in [3.63, 3.8) is 0 Å². The zero-order valence-corrected chi connectivity index (χ0v) is 10.6. The first-order valence-corrected chi connectivity index (χ1v) is 6.29. The van der Waals surface area contributed by atoms with Gasteiger partial charge in [-0.1, -0.05) is 5.16 Å². The summed E-state index contributed by atoms with van der Waals surface area (Å²) in [6, 6.07) is 0. The number of hydrogen-bond donors (Lipinski definition) is 1. The van der Waals surface area contributed by atoms with E-state index >= 15 is 0 Å². The van der Waals surface area contributed by atoms with Gasteiger partial charge in [0.15, 0.2) is 17.2 Å². The lowest BCUT2D eigenvalue weighted by Crippen LogP contribution is -2.07. The molecule has 0 bridgehead atoms. The van der Waals surface area contributed by atoms with Gasteiger partial charge in [-0.3, -0.25) is 0 Å². The summed E-state index contributed by atoms with van der Waals surface area (Å²) < 4.78 is 9.70. The topological polar surface area (TPSA) is 90.1 Å². The van der Waals surface area contributed by atoms with E-state index in [2.05, 4.69) is 20.4 Å². The largest absolute Gasteiger partial charge is 0.461 e. The average molecular weight is 268 g/mol. The fraction of sp³-hybridized carbons (Fsp3) is 0.400. The molecule has 0 spiro atoms. The fourth-order valence-corrected chi connectivity index (χ4v) is 1.94. The van der Waals surface area contributed by atoms with Crippen LogP contribution >= 0.6 is 11.3 Å². The van der Waals surface area contributed by atoms with E-state index in [1.165, 1.54) is 17.7 Å². The maximum Gasteiger partial charge on any atom is 0.357 e. The molecule has 8 heteroatoms. The van der Waals surface area contributed by atoms with Crippen molar-refractivity contribution in [1.82, 2.24) is 15.1 Å². The number of esters is 1. The van der Waals surface area contributed by atoms with Gasteiger partial charge in [0.05, 0.1) is 6.61 Å². The van der Waals surface area contributed by atoms with Gasteiger partial charge in [-0.05, 0) is 6.92 Å². The Balaban J connectivity index is 1.81. The van der Waals surface area contributed by atoms with E-state index in [1.54, 1.807) is 12.3 Å². The number of rotatable bonds is 6. The van der Waals surface area contributed by atoms with Gasteiger partial charge < -0.3 is 14.6 Å². The third-order valence-corrected chi connectivity index (χ3v) is 2.81. The van der Waals surface area contributed by atoms with Crippen LogP contribution in [0.15, 0.2) is 16.2 Å². The highest BCUT2D eigenvalue weighted by Gasteiger charge is 2.11. The smallest absolute Gasteiger partial charge is 0.357 e. The van der Waals surface area contributed by atoms with Crippen LogP contribution < -0.4 is 5.32 Å². The molecule has 7 nitrogen and oxygen atoms in total. The number of carbonyl (C=O) groups is 1. The lowest BCUT2D eigenvalue weighted by atomic mass is 10.4. The van der Waals surface area contributed by atoms with Crippen LogP contribution in [0.3, 0.4) is 0 Å². The molecule has 0 aromatic carbocycles. The summed E-state index contributed by atoms with van der Waals surface area (Å²) in [5.74, 6) is 0.156. The van der Waals surface area contributed by atoms with Crippen molar-refractivity contribution in [3.05, 3.63) is 23.3 Å². The first kappa shape index (κ1) is 12.5. The number of aromatic nitrogens is 3. The second-order valence-electron chi connectivity index (χ2n) is 3.27. The molecule has 0 fully saturated rings. The zero-order valence-electron chi connectivity index (χ0n) is 9.75. The summed E-state index contributed by atoms with van der Waals surface area (Å²) in [6.45, 7) is 2.71. The highest BCUT2D eigenvalue weighted by Crippen LogP contribution is 2.15. The number of ether oxygens (including phenoxy) is 1. The predicted octanol–water partition coefficient (Wildman–Crippen LogP) is 1.36. The summed E-state index contributed by atoms with van der Waals surface area (Å²) in [5, 5.41) is 8.90. The Hall–Kier alpha value is -1.96. The molecule has 0 atom stereocenters. The van der Waals surface area contributed by atoms with Crippen LogP contribution in [-0.2, 0) is 11.2 Å². The van der Waals surface area contributed by atoms with Crippen LogP contribution in [-0.4, -0.2) is 34.2 Å². The second kappa shape index (κ2) is 6.10. The minimum Gasteiger partial charge on any atom is -0.461 e. The van der Waals surface area contributed by atoms with E-state index in [-0.39, 0.29) is 0 Å². The first-order valence-electron chi connectivity index (χ1n) is 5.41. The van der Waals surface area contributed by atoms with Gasteiger partial charge in [0.25, 0.3) is 0 Å². The van der Waals surface area contributed by atoms with Crippen molar-refractivity contribution in [1.29, 1.82) is 0 Å². The Morgan fingerprint density at radius 2 is 2.50 bits per heavy atom. The molecule has 2 aromatic rings. The summed E-state index contributed by atoms with van der Waals surface area (Å²) in [4.78, 5) is 19.4. The summed E-state index contributed by atoms with van der Waals surface area (Å²) >= 11 is 1.35. The number of thiazole rings is 1. The molecule has 96 valence electrons. The maximum atomic E-state index is 11.4. The molecule has 0 aliphatic rings. The number of anilines is 1. The Bertz CT molecular complexity index is 497. The molecule has 0 saturated carbocycles. The van der Waals surface area contributed by atoms with Crippen molar-refractivity contribution in [2.45, 2.75) is 13.3 Å². The Morgan fingerprint density at radius 3 is 3.22 bits per heavy atom. The molecule has 1 N–H and O–H groups in total. The van der Waals surface area contributed by atoms with Crippen LogP contribution in [0.2, 0.25) is 0 Å². The van der Waals surface area contributed by atoms with Gasteiger partial charge in [-0.2, -0.15) is 4.98 Å². The third-order valence-electron chi connectivity index (χ3n) is 2.01. The quantitative estimate of drug-likeness (QED) is 0.791. The van der Waals surface area contributed by atoms with Crippen LogP contribution in [0.5, 0.6) is 0 Å². The monoisotopic (exact) mass is 268 g/mol. The maximum absolute atomic E-state index is 11.4. The lowest BCUT2D eigenvalue weighted by molar-refractivity contribution is 0.0520. The fourth-order valence-electron chi connectivity index (χ4n) is 1.24. The zero-order chi connectivity index (χ0) is 12.8. The molecule has 2 heterocycles. The van der Waals surface area contributed by atoms with Crippen LogP contribution in [0.25, 0.3) is 0 Å². The van der Waals surface area contributed by atoms with Gasteiger partial charge in [0.2, 0.25) is 5.89 Å². The van der Waals surface area contributed by atoms with Crippen LogP contribution in [0.4, 0.5) is 5.13 Å². The first-order chi connectivity index (χ1) is 8.79. The molecular weight excluding hydrogens is 256 g/mol. The molecule has 0 unspecified atom stereocenters. The van der Waals surface area contributed by atoms with Crippen molar-refractivity contribution < 1.29 is 14.1 Å². The Morgan fingerprint density at radius 1 is 1.61 bits per heavy atom. The highest BCUT2D eigenvalue weighted by molar-refractivity contribution is 7.13. The van der Waals surface area contributed by atoms with E-state index in [9.17, 15) is 4.79 Å². The number of carbonyl (C=O) groups excluding carboxylic acids is 1. The van der Waals surface area contributed by atoms with Gasteiger partial charge in [-0.15, -0.1) is 11.3 Å². The van der Waals surface area contributed by atoms with Crippen LogP contribution in [0.1, 0.15) is 23.3 Å². The lowest BCUT2D eigenvalue weighted by Gasteiger charge is -1.99. The molecule has 0 aliphatic carbocycles. The number of hydrogen-bond acceptors (Lipinski definition) is 8. The number of nitrogens with zero attached hydrogens (tertiary/aromatic N) is 3. The van der Waals surface area contributed by atoms with Crippen molar-refractivity contribution in [2.24, 2.45) is 0 Å². The van der Waals surface area contributed by atoms with Crippen molar-refractivity contribution in [3.8, 4) is 0 Å². The summed E-state index contributed by atoms with van der Waals surface area (Å²) in [5.41, 5.74) is 0.321. The summed E-state index contributed by atoms with van der Waals surface area (Å²) in [6.07, 6.45) is 1.96. The molecule has 0 saturated heterocycles. The van der Waals surface area contributed by atoms with E-state index in [1.807, 2.05) is 0 Å². The van der Waals surface area contributed by atoms with Crippen molar-refractivity contribution in [2.75, 3.05) is 18.5 Å². The molecule has 0 radical (unpaired) electrons. The van der Waals surface area contributed by atoms with E-state index in [4.69, 9.17) is 9.26 Å².